The third-order valence-corrected chi connectivity index (χ3v) is 6.49. The topological polar surface area (TPSA) is 111 Å². The van der Waals surface area contributed by atoms with Crippen LogP contribution in [0.1, 0.15) is 53.6 Å². The Labute approximate surface area is 201 Å². The molecular formula is C25H28FN3O6. The van der Waals surface area contributed by atoms with E-state index in [0.717, 1.165) is 0 Å². The third-order valence-electron chi connectivity index (χ3n) is 6.49. The number of carbonyl (C=O) groups excluding carboxylic acids is 2. The average Bonchev–Trinajstić information content (AvgIpc) is 3.03. The van der Waals surface area contributed by atoms with Gasteiger partial charge < -0.3 is 19.5 Å². The minimum absolute atomic E-state index is 0.0779. The zero-order chi connectivity index (χ0) is 25.1. The van der Waals surface area contributed by atoms with Gasteiger partial charge in [0.15, 0.2) is 11.5 Å². The van der Waals surface area contributed by atoms with Gasteiger partial charge >= 0.3 is 0 Å². The molecule has 0 spiro atoms. The van der Waals surface area contributed by atoms with Gasteiger partial charge in [0.1, 0.15) is 17.4 Å². The van der Waals surface area contributed by atoms with Crippen LogP contribution in [-0.4, -0.2) is 58.1 Å². The van der Waals surface area contributed by atoms with Crippen LogP contribution < -0.4 is 10.3 Å². The molecule has 2 aromatic rings. The van der Waals surface area contributed by atoms with E-state index in [2.05, 4.69) is 4.98 Å². The Morgan fingerprint density at radius 3 is 2.77 bits per heavy atom. The predicted molar refractivity (Wildman–Crippen MR) is 124 cm³/mol. The Bertz CT molecular complexity index is 1220. The summed E-state index contributed by atoms with van der Waals surface area (Å²) < 4.78 is 26.3. The SMILES string of the molecule is CO[C@H]1CCC2c3nc(c(O)c(=O)n3C1)C(=O)CCc1ccc(F)cc1OCC/C=C/C(=O)N2C. The van der Waals surface area contributed by atoms with Gasteiger partial charge in [0.25, 0.3) is 5.56 Å². The lowest BCUT2D eigenvalue weighted by atomic mass is 10.0. The van der Waals surface area contributed by atoms with Crippen molar-refractivity contribution in [1.29, 1.82) is 0 Å². The zero-order valence-electron chi connectivity index (χ0n) is 19.7. The van der Waals surface area contributed by atoms with Gasteiger partial charge in [-0.2, -0.15) is 0 Å². The van der Waals surface area contributed by atoms with Gasteiger partial charge in [0.05, 0.1) is 25.3 Å². The number of halogens is 1. The molecule has 3 heterocycles. The number of amides is 1. The second-order valence-corrected chi connectivity index (χ2v) is 8.70. The molecule has 2 aliphatic rings. The van der Waals surface area contributed by atoms with E-state index in [0.29, 0.717) is 30.6 Å². The number of methoxy groups -OCH3 is 1. The predicted octanol–water partition coefficient (Wildman–Crippen LogP) is 2.55. The summed E-state index contributed by atoms with van der Waals surface area (Å²) in [7, 11) is 3.14. The molecule has 0 aliphatic carbocycles. The molecule has 1 aromatic carbocycles. The number of fused-ring (bicyclic) bond motifs is 2. The highest BCUT2D eigenvalue weighted by molar-refractivity contribution is 5.96. The van der Waals surface area contributed by atoms with Crippen molar-refractivity contribution in [2.75, 3.05) is 20.8 Å². The molecule has 0 radical (unpaired) electrons. The van der Waals surface area contributed by atoms with Crippen molar-refractivity contribution in [2.24, 2.45) is 0 Å². The molecule has 186 valence electrons. The monoisotopic (exact) mass is 485 g/mol. The van der Waals surface area contributed by atoms with E-state index in [1.165, 1.54) is 40.9 Å². The molecule has 2 aliphatic heterocycles. The van der Waals surface area contributed by atoms with Crippen LogP contribution in [0.2, 0.25) is 0 Å². The number of hydrogen-bond acceptors (Lipinski definition) is 7. The average molecular weight is 486 g/mol. The van der Waals surface area contributed by atoms with E-state index in [1.807, 2.05) is 0 Å². The summed E-state index contributed by atoms with van der Waals surface area (Å²) in [6.07, 6.45) is 4.32. The number of benzene rings is 1. The molecule has 1 amide bonds. The number of Topliss-reactive ketones (excluding diaryl/α,β-unsaturated/α-hetero) is 1. The number of aromatic hydroxyl groups is 1. The maximum atomic E-state index is 13.8. The lowest BCUT2D eigenvalue weighted by Crippen LogP contribution is -2.36. The van der Waals surface area contributed by atoms with E-state index in [1.54, 1.807) is 13.1 Å². The summed E-state index contributed by atoms with van der Waals surface area (Å²) in [5, 5.41) is 10.6. The largest absolute Gasteiger partial charge is 0.501 e. The number of rotatable bonds is 1. The number of nitrogens with zero attached hydrogens (tertiary/aromatic N) is 3. The summed E-state index contributed by atoms with van der Waals surface area (Å²) in [5.41, 5.74) is -0.482. The Kier molecular flexibility index (Phi) is 7.30. The molecule has 4 rings (SSSR count). The first kappa shape index (κ1) is 24.6. The first-order valence-electron chi connectivity index (χ1n) is 11.5. The molecule has 2 atom stereocenters. The summed E-state index contributed by atoms with van der Waals surface area (Å²) in [5.74, 6) is -1.53. The molecule has 0 saturated carbocycles. The Morgan fingerprint density at radius 1 is 1.20 bits per heavy atom. The lowest BCUT2D eigenvalue weighted by molar-refractivity contribution is -0.127. The number of hydrogen-bond donors (Lipinski definition) is 1. The molecule has 2 bridgehead atoms. The molecule has 0 saturated heterocycles. The first-order valence-corrected chi connectivity index (χ1v) is 11.5. The maximum Gasteiger partial charge on any atom is 0.296 e. The van der Waals surface area contributed by atoms with Crippen molar-refractivity contribution in [3.8, 4) is 11.5 Å². The van der Waals surface area contributed by atoms with Crippen molar-refractivity contribution < 1.29 is 28.6 Å². The number of ether oxygens (including phenoxy) is 2. The summed E-state index contributed by atoms with van der Waals surface area (Å²) in [6, 6.07) is 3.46. The molecule has 1 aromatic heterocycles. The smallest absolute Gasteiger partial charge is 0.296 e. The fraction of sp³-hybridized carbons (Fsp3) is 0.440. The highest BCUT2D eigenvalue weighted by Gasteiger charge is 2.33. The van der Waals surface area contributed by atoms with Gasteiger partial charge in [-0.15, -0.1) is 0 Å². The summed E-state index contributed by atoms with van der Waals surface area (Å²) in [6.45, 7) is 0.363. The second-order valence-electron chi connectivity index (χ2n) is 8.70. The van der Waals surface area contributed by atoms with E-state index < -0.39 is 29.0 Å². The minimum atomic E-state index is -0.754. The van der Waals surface area contributed by atoms with Crippen LogP contribution in [0.3, 0.4) is 0 Å². The van der Waals surface area contributed by atoms with E-state index >= 15 is 0 Å². The molecule has 9 nitrogen and oxygen atoms in total. The van der Waals surface area contributed by atoms with Crippen LogP contribution in [-0.2, 0) is 22.5 Å². The van der Waals surface area contributed by atoms with Crippen molar-refractivity contribution in [1.82, 2.24) is 14.5 Å². The van der Waals surface area contributed by atoms with E-state index in [9.17, 15) is 23.9 Å². The number of ketones is 1. The Hall–Kier alpha value is -3.53. The minimum Gasteiger partial charge on any atom is -0.501 e. The molecule has 1 N–H and O–H groups in total. The van der Waals surface area contributed by atoms with Crippen molar-refractivity contribution in [3.63, 3.8) is 0 Å². The quantitative estimate of drug-likeness (QED) is 0.661. The third kappa shape index (κ3) is 5.12. The van der Waals surface area contributed by atoms with Crippen molar-refractivity contribution in [3.05, 3.63) is 63.6 Å². The van der Waals surface area contributed by atoms with Crippen LogP contribution in [0.4, 0.5) is 4.39 Å². The maximum absolute atomic E-state index is 13.8. The van der Waals surface area contributed by atoms with Gasteiger partial charge in [-0.25, -0.2) is 9.37 Å². The molecule has 35 heavy (non-hydrogen) atoms. The van der Waals surface area contributed by atoms with Gasteiger partial charge in [0.2, 0.25) is 11.7 Å². The van der Waals surface area contributed by atoms with Gasteiger partial charge in [-0.3, -0.25) is 19.0 Å². The summed E-state index contributed by atoms with van der Waals surface area (Å²) >= 11 is 0. The van der Waals surface area contributed by atoms with Gasteiger partial charge in [-0.1, -0.05) is 12.1 Å². The van der Waals surface area contributed by atoms with Crippen molar-refractivity contribution in [2.45, 2.75) is 50.8 Å². The summed E-state index contributed by atoms with van der Waals surface area (Å²) in [4.78, 5) is 45.0. The lowest BCUT2D eigenvalue weighted by Gasteiger charge is -2.27. The molecule has 10 heteroatoms. The highest BCUT2D eigenvalue weighted by atomic mass is 19.1. The normalized spacial score (nSPS) is 22.2. The number of aryl methyl sites for hydroxylation is 1. The fourth-order valence-electron chi connectivity index (χ4n) is 4.44. The van der Waals surface area contributed by atoms with E-state index in [4.69, 9.17) is 9.47 Å². The number of likely N-dealkylation sites (N-methyl/N-ethyl adjacent to an activating group) is 1. The highest BCUT2D eigenvalue weighted by Crippen LogP contribution is 2.30. The molecular weight excluding hydrogens is 457 g/mol. The fourth-order valence-corrected chi connectivity index (χ4v) is 4.44. The second kappa shape index (κ2) is 10.4. The standard InChI is InChI=1S/C25H28FN3O6/c1-28-18-10-9-17(34-2)14-29-24(18)27-22(23(32)25(29)33)19(30)11-7-15-6-8-16(26)13-20(15)35-12-4-3-5-21(28)31/h3,5-6,8,13,17-18,32H,4,7,9-12,14H2,1-2H3/b5-3+/t17-,18?/m0/s1. The zero-order valence-corrected chi connectivity index (χ0v) is 19.7. The van der Waals surface area contributed by atoms with Crippen LogP contribution in [0.15, 0.2) is 35.1 Å². The first-order chi connectivity index (χ1) is 16.8. The van der Waals surface area contributed by atoms with Crippen molar-refractivity contribution >= 4 is 11.7 Å². The Morgan fingerprint density at radius 2 is 2.00 bits per heavy atom. The molecule has 1 unspecified atom stereocenters. The van der Waals surface area contributed by atoms with Crippen LogP contribution >= 0.6 is 0 Å². The van der Waals surface area contributed by atoms with Crippen LogP contribution in [0.5, 0.6) is 11.5 Å². The van der Waals surface area contributed by atoms with E-state index in [-0.39, 0.29) is 49.5 Å². The van der Waals surface area contributed by atoms with Crippen LogP contribution in [0, 0.1) is 5.82 Å². The Balaban J connectivity index is 1.81. The number of carbonyl (C=O) groups is 2. The van der Waals surface area contributed by atoms with Crippen LogP contribution in [0.25, 0.3) is 0 Å². The van der Waals surface area contributed by atoms with Gasteiger partial charge in [0, 0.05) is 26.6 Å². The van der Waals surface area contributed by atoms with Gasteiger partial charge in [-0.05, 0) is 43.4 Å². The number of aromatic nitrogens is 2. The molecule has 0 fully saturated rings.